The molecule has 0 saturated carbocycles. The molecule has 0 atom stereocenters. The fraction of sp³-hybridized carbons (Fsp3) is 0.625. The van der Waals surface area contributed by atoms with Crippen LogP contribution in [-0.2, 0) is 4.79 Å². The van der Waals surface area contributed by atoms with Crippen molar-refractivity contribution in [3.8, 4) is 0 Å². The van der Waals surface area contributed by atoms with Crippen molar-refractivity contribution < 1.29 is 4.79 Å². The van der Waals surface area contributed by atoms with Crippen LogP contribution in [0, 0.1) is 0 Å². The van der Waals surface area contributed by atoms with Crippen molar-refractivity contribution in [2.24, 2.45) is 0 Å². The van der Waals surface area contributed by atoms with Crippen LogP contribution in [0.5, 0.6) is 0 Å². The Balaban J connectivity index is 2.37. The lowest BCUT2D eigenvalue weighted by Gasteiger charge is -2.41. The average Bonchev–Trinajstić information content (AvgIpc) is 1.96. The van der Waals surface area contributed by atoms with Crippen LogP contribution >= 0.6 is 0 Å². The number of hydrogen-bond donors (Lipinski definition) is 0. The highest BCUT2D eigenvalue weighted by atomic mass is 16.2. The summed E-state index contributed by atoms with van der Waals surface area (Å²) in [6.07, 6.45) is 1.36. The molecule has 0 N–H and O–H groups in total. The molecule has 0 unspecified atom stereocenters. The van der Waals surface area contributed by atoms with E-state index in [-0.39, 0.29) is 5.91 Å². The second-order valence-corrected chi connectivity index (χ2v) is 3.03. The summed E-state index contributed by atoms with van der Waals surface area (Å²) in [6.45, 7) is 5.40. The Hall–Kier alpha value is -0.830. The fourth-order valence-electron chi connectivity index (χ4n) is 1.23. The minimum atomic E-state index is 0.0168. The van der Waals surface area contributed by atoms with Crippen molar-refractivity contribution in [3.63, 3.8) is 0 Å². The van der Waals surface area contributed by atoms with Gasteiger partial charge in [0, 0.05) is 20.1 Å². The number of carbonyl (C=O) groups excluding carboxylic acids is 1. The molecule has 0 aromatic heterocycles. The third-order valence-corrected chi connectivity index (χ3v) is 2.11. The summed E-state index contributed by atoms with van der Waals surface area (Å²) >= 11 is 0. The summed E-state index contributed by atoms with van der Waals surface area (Å²) in [5, 5.41) is 0. The summed E-state index contributed by atoms with van der Waals surface area (Å²) in [7, 11) is 3.87. The second kappa shape index (κ2) is 3.05. The van der Waals surface area contributed by atoms with Crippen molar-refractivity contribution in [2.45, 2.75) is 6.04 Å². The molecule has 0 aromatic carbocycles. The maximum atomic E-state index is 11.0. The lowest BCUT2D eigenvalue weighted by atomic mass is 10.1. The lowest BCUT2D eigenvalue weighted by Crippen LogP contribution is -2.57. The Morgan fingerprint density at radius 1 is 1.73 bits per heavy atom. The maximum absolute atomic E-state index is 11.0. The van der Waals surface area contributed by atoms with E-state index in [1.165, 1.54) is 6.08 Å². The molecule has 0 spiro atoms. The van der Waals surface area contributed by atoms with Crippen LogP contribution in [-0.4, -0.2) is 48.9 Å². The average molecular weight is 154 g/mol. The molecular formula is C8H14N2O. The zero-order valence-electron chi connectivity index (χ0n) is 7.08. The third-order valence-electron chi connectivity index (χ3n) is 2.11. The smallest absolute Gasteiger partial charge is 0.246 e. The van der Waals surface area contributed by atoms with Gasteiger partial charge in [0.1, 0.15) is 0 Å². The largest absolute Gasteiger partial charge is 0.337 e. The molecule has 3 heteroatoms. The van der Waals surface area contributed by atoms with Gasteiger partial charge in [-0.3, -0.25) is 4.79 Å². The molecule has 1 heterocycles. The van der Waals surface area contributed by atoms with Crippen LogP contribution in [0.1, 0.15) is 0 Å². The third kappa shape index (κ3) is 1.60. The molecule has 1 fully saturated rings. The number of nitrogens with zero attached hydrogens (tertiary/aromatic N) is 2. The molecular weight excluding hydrogens is 140 g/mol. The highest BCUT2D eigenvalue weighted by molar-refractivity contribution is 5.87. The minimum Gasteiger partial charge on any atom is -0.337 e. The standard InChI is InChI=1S/C8H14N2O/c1-4-8(11)10(3)7-5-9(2)6-7/h4,7H,1,5-6H2,2-3H3. The highest BCUT2D eigenvalue weighted by Crippen LogP contribution is 2.10. The van der Waals surface area contributed by atoms with Gasteiger partial charge in [0.2, 0.25) is 5.91 Å². The van der Waals surface area contributed by atoms with Crippen LogP contribution < -0.4 is 0 Å². The molecule has 1 aliphatic rings. The molecule has 0 aliphatic carbocycles. The SMILES string of the molecule is C=CC(=O)N(C)C1CN(C)C1. The Labute approximate surface area is 67.3 Å². The molecule has 1 rings (SSSR count). The number of likely N-dealkylation sites (N-methyl/N-ethyl adjacent to an activating group) is 2. The predicted molar refractivity (Wildman–Crippen MR) is 44.3 cm³/mol. The van der Waals surface area contributed by atoms with E-state index < -0.39 is 0 Å². The topological polar surface area (TPSA) is 23.6 Å². The van der Waals surface area contributed by atoms with Gasteiger partial charge >= 0.3 is 0 Å². The molecule has 0 aromatic rings. The van der Waals surface area contributed by atoms with E-state index in [0.29, 0.717) is 6.04 Å². The fourth-order valence-corrected chi connectivity index (χ4v) is 1.23. The van der Waals surface area contributed by atoms with E-state index in [0.717, 1.165) is 13.1 Å². The number of rotatable bonds is 2. The number of amides is 1. The van der Waals surface area contributed by atoms with E-state index in [9.17, 15) is 4.79 Å². The van der Waals surface area contributed by atoms with Gasteiger partial charge in [-0.1, -0.05) is 6.58 Å². The van der Waals surface area contributed by atoms with Gasteiger partial charge in [-0.25, -0.2) is 0 Å². The monoisotopic (exact) mass is 154 g/mol. The molecule has 1 amide bonds. The summed E-state index contributed by atoms with van der Waals surface area (Å²) in [5.74, 6) is 0.0168. The molecule has 3 nitrogen and oxygen atoms in total. The van der Waals surface area contributed by atoms with Gasteiger partial charge in [-0.05, 0) is 13.1 Å². The van der Waals surface area contributed by atoms with Gasteiger partial charge < -0.3 is 9.80 Å². The maximum Gasteiger partial charge on any atom is 0.246 e. The van der Waals surface area contributed by atoms with E-state index in [2.05, 4.69) is 11.5 Å². The van der Waals surface area contributed by atoms with Gasteiger partial charge in [-0.2, -0.15) is 0 Å². The van der Waals surface area contributed by atoms with Crippen LogP contribution in [0.4, 0.5) is 0 Å². The van der Waals surface area contributed by atoms with Crippen LogP contribution in [0.25, 0.3) is 0 Å². The van der Waals surface area contributed by atoms with Gasteiger partial charge in [-0.15, -0.1) is 0 Å². The second-order valence-electron chi connectivity index (χ2n) is 3.03. The van der Waals surface area contributed by atoms with E-state index >= 15 is 0 Å². The normalized spacial score (nSPS) is 19.1. The van der Waals surface area contributed by atoms with Crippen molar-refractivity contribution in [3.05, 3.63) is 12.7 Å². The van der Waals surface area contributed by atoms with Gasteiger partial charge in [0.05, 0.1) is 6.04 Å². The lowest BCUT2D eigenvalue weighted by molar-refractivity contribution is -0.129. The molecule has 1 aliphatic heterocycles. The molecule has 11 heavy (non-hydrogen) atoms. The number of hydrogen-bond acceptors (Lipinski definition) is 2. The van der Waals surface area contributed by atoms with E-state index in [4.69, 9.17) is 0 Å². The molecule has 0 radical (unpaired) electrons. The van der Waals surface area contributed by atoms with Crippen LogP contribution in [0.3, 0.4) is 0 Å². The Morgan fingerprint density at radius 3 is 2.64 bits per heavy atom. The minimum absolute atomic E-state index is 0.0168. The predicted octanol–water partition coefficient (Wildman–Crippen LogP) is -0.0552. The Bertz CT molecular complexity index is 173. The van der Waals surface area contributed by atoms with Crippen LogP contribution in [0.15, 0.2) is 12.7 Å². The van der Waals surface area contributed by atoms with Gasteiger partial charge in [0.25, 0.3) is 0 Å². The zero-order valence-corrected chi connectivity index (χ0v) is 7.08. The molecule has 0 bridgehead atoms. The quantitative estimate of drug-likeness (QED) is 0.520. The first-order valence-electron chi connectivity index (χ1n) is 3.73. The first-order chi connectivity index (χ1) is 5.15. The number of carbonyl (C=O) groups is 1. The summed E-state index contributed by atoms with van der Waals surface area (Å²) in [4.78, 5) is 15.0. The summed E-state index contributed by atoms with van der Waals surface area (Å²) in [5.41, 5.74) is 0. The van der Waals surface area contributed by atoms with Crippen molar-refractivity contribution in [2.75, 3.05) is 27.2 Å². The van der Waals surface area contributed by atoms with Crippen molar-refractivity contribution in [1.82, 2.24) is 9.80 Å². The highest BCUT2D eigenvalue weighted by Gasteiger charge is 2.28. The molecule has 1 saturated heterocycles. The van der Waals surface area contributed by atoms with Crippen LogP contribution in [0.2, 0.25) is 0 Å². The van der Waals surface area contributed by atoms with Crippen molar-refractivity contribution >= 4 is 5.91 Å². The van der Waals surface area contributed by atoms with Crippen molar-refractivity contribution in [1.29, 1.82) is 0 Å². The Morgan fingerprint density at radius 2 is 2.27 bits per heavy atom. The van der Waals surface area contributed by atoms with E-state index in [1.807, 2.05) is 14.1 Å². The summed E-state index contributed by atoms with van der Waals surface area (Å²) < 4.78 is 0. The van der Waals surface area contributed by atoms with E-state index in [1.54, 1.807) is 4.90 Å². The van der Waals surface area contributed by atoms with Gasteiger partial charge in [0.15, 0.2) is 0 Å². The number of likely N-dealkylation sites (tertiary alicyclic amines) is 1. The zero-order chi connectivity index (χ0) is 8.43. The first kappa shape index (κ1) is 8.27. The Kier molecular flexibility index (Phi) is 2.29. The first-order valence-corrected chi connectivity index (χ1v) is 3.73. The molecule has 62 valence electrons. The summed E-state index contributed by atoms with van der Waals surface area (Å²) in [6, 6.07) is 0.394.